The average Bonchev–Trinajstić information content (AvgIpc) is 2.97. The minimum atomic E-state index is -0.378. The first-order valence-corrected chi connectivity index (χ1v) is 14.4. The largest absolute Gasteiger partial charge is 0.339 e. The Morgan fingerprint density at radius 3 is 2.36 bits per heavy atom. The number of hydrogen-bond donors (Lipinski definition) is 0. The van der Waals surface area contributed by atoms with Gasteiger partial charge < -0.3 is 4.90 Å². The van der Waals surface area contributed by atoms with Crippen molar-refractivity contribution < 1.29 is 9.18 Å². The normalized spacial score (nSPS) is 15.0. The second-order valence-corrected chi connectivity index (χ2v) is 11.0. The summed E-state index contributed by atoms with van der Waals surface area (Å²) in [6.45, 7) is 5.97. The van der Waals surface area contributed by atoms with Crippen LogP contribution in [0.1, 0.15) is 31.7 Å². The lowest BCUT2D eigenvalue weighted by atomic mass is 10.1. The van der Waals surface area contributed by atoms with E-state index in [4.69, 9.17) is 4.98 Å². The van der Waals surface area contributed by atoms with Gasteiger partial charge in [-0.2, -0.15) is 0 Å². The van der Waals surface area contributed by atoms with E-state index in [2.05, 4.69) is 36.1 Å². The summed E-state index contributed by atoms with van der Waals surface area (Å²) in [5, 5.41) is 0.560. The molecule has 1 aliphatic heterocycles. The highest BCUT2D eigenvalue weighted by molar-refractivity contribution is 8.00. The van der Waals surface area contributed by atoms with Crippen molar-refractivity contribution in [2.24, 2.45) is 0 Å². The number of carbonyl (C=O) groups excluding carboxylic acids is 1. The van der Waals surface area contributed by atoms with Gasteiger partial charge in [0.05, 0.1) is 21.8 Å². The van der Waals surface area contributed by atoms with Gasteiger partial charge in [0, 0.05) is 32.7 Å². The van der Waals surface area contributed by atoms with Gasteiger partial charge >= 0.3 is 0 Å². The minimum absolute atomic E-state index is 0.0841. The van der Waals surface area contributed by atoms with Crippen LogP contribution < -0.4 is 5.56 Å². The summed E-state index contributed by atoms with van der Waals surface area (Å²) in [5.41, 5.74) is 2.15. The van der Waals surface area contributed by atoms with Gasteiger partial charge in [-0.05, 0) is 48.4 Å². The molecule has 0 saturated carbocycles. The van der Waals surface area contributed by atoms with Crippen molar-refractivity contribution in [1.29, 1.82) is 0 Å². The fraction of sp³-hybridized carbons (Fsp3) is 0.323. The van der Waals surface area contributed by atoms with Crippen molar-refractivity contribution in [3.05, 3.63) is 101 Å². The third kappa shape index (κ3) is 6.40. The lowest BCUT2D eigenvalue weighted by Gasteiger charge is -2.36. The van der Waals surface area contributed by atoms with Crippen LogP contribution in [0.3, 0.4) is 0 Å². The molecule has 1 aromatic heterocycles. The highest BCUT2D eigenvalue weighted by atomic mass is 32.2. The average molecular weight is 545 g/mol. The van der Waals surface area contributed by atoms with Crippen molar-refractivity contribution in [2.75, 3.05) is 26.2 Å². The third-order valence-electron chi connectivity index (χ3n) is 7.11. The molecule has 0 N–H and O–H groups in total. The van der Waals surface area contributed by atoms with Crippen LogP contribution in [-0.4, -0.2) is 56.7 Å². The number of unbranched alkanes of at least 4 members (excludes halogenated alkanes) is 1. The molecule has 39 heavy (non-hydrogen) atoms. The van der Waals surface area contributed by atoms with Gasteiger partial charge in [0.25, 0.3) is 5.56 Å². The first-order chi connectivity index (χ1) is 19.0. The molecular formula is C31H33FN4O2S. The quantitative estimate of drug-likeness (QED) is 0.205. The summed E-state index contributed by atoms with van der Waals surface area (Å²) in [4.78, 5) is 36.6. The van der Waals surface area contributed by atoms with Gasteiger partial charge in [0.2, 0.25) is 5.91 Å². The zero-order chi connectivity index (χ0) is 27.2. The van der Waals surface area contributed by atoms with E-state index in [0.29, 0.717) is 41.3 Å². The van der Waals surface area contributed by atoms with E-state index in [-0.39, 0.29) is 22.5 Å². The lowest BCUT2D eigenvalue weighted by molar-refractivity contribution is -0.132. The number of aromatic nitrogens is 2. The Morgan fingerprint density at radius 2 is 1.64 bits per heavy atom. The van der Waals surface area contributed by atoms with Crippen LogP contribution in [0.25, 0.3) is 16.6 Å². The molecule has 3 aromatic carbocycles. The fourth-order valence-corrected chi connectivity index (χ4v) is 6.16. The van der Waals surface area contributed by atoms with Gasteiger partial charge in [-0.25, -0.2) is 9.37 Å². The molecule has 2 heterocycles. The Bertz CT molecular complexity index is 1470. The number of benzene rings is 3. The van der Waals surface area contributed by atoms with E-state index >= 15 is 0 Å². The molecule has 0 radical (unpaired) electrons. The van der Waals surface area contributed by atoms with E-state index in [1.165, 1.54) is 34.0 Å². The summed E-state index contributed by atoms with van der Waals surface area (Å²) in [6, 6.07) is 23.4. The smallest absolute Gasteiger partial charge is 0.266 e. The Hall–Kier alpha value is -3.49. The van der Waals surface area contributed by atoms with Crippen LogP contribution in [0, 0.1) is 5.82 Å². The Labute approximate surface area is 232 Å². The van der Waals surface area contributed by atoms with E-state index < -0.39 is 0 Å². The third-order valence-corrected chi connectivity index (χ3v) is 8.31. The summed E-state index contributed by atoms with van der Waals surface area (Å²) in [7, 11) is 0. The number of amides is 1. The van der Waals surface area contributed by atoms with Gasteiger partial charge in [-0.3, -0.25) is 19.1 Å². The molecule has 202 valence electrons. The molecule has 1 amide bonds. The molecule has 0 aliphatic carbocycles. The van der Waals surface area contributed by atoms with E-state index in [9.17, 15) is 14.0 Å². The van der Waals surface area contributed by atoms with Gasteiger partial charge in [0.1, 0.15) is 5.82 Å². The number of fused-ring (bicyclic) bond motifs is 1. The van der Waals surface area contributed by atoms with Crippen molar-refractivity contribution in [3.63, 3.8) is 0 Å². The predicted octanol–water partition coefficient (Wildman–Crippen LogP) is 5.52. The van der Waals surface area contributed by atoms with Crippen LogP contribution in [0.15, 0.2) is 88.8 Å². The maximum atomic E-state index is 13.8. The second-order valence-electron chi connectivity index (χ2n) is 9.86. The standard InChI is InChI=1S/C31H33FN4O2S/c1-2-3-13-28(30(38)35-20-18-34(19-21-35)22-23-9-5-4-6-10-23)39-31-33-27-12-8-7-11-26(27)29(37)36(31)25-16-14-24(32)15-17-25/h4-12,14-17,28H,2-3,13,18-22H2,1H3. The topological polar surface area (TPSA) is 58.4 Å². The Kier molecular flexibility index (Phi) is 8.74. The molecule has 1 unspecified atom stereocenters. The SMILES string of the molecule is CCCCC(Sc1nc2ccccc2c(=O)n1-c1ccc(F)cc1)C(=O)N1CCN(Cc2ccccc2)CC1. The van der Waals surface area contributed by atoms with Crippen molar-refractivity contribution in [3.8, 4) is 5.69 Å². The molecule has 6 nitrogen and oxygen atoms in total. The Morgan fingerprint density at radius 1 is 0.949 bits per heavy atom. The van der Waals surface area contributed by atoms with Crippen LogP contribution >= 0.6 is 11.8 Å². The van der Waals surface area contributed by atoms with Crippen molar-refractivity contribution >= 4 is 28.6 Å². The van der Waals surface area contributed by atoms with E-state index in [0.717, 1.165) is 32.5 Å². The zero-order valence-corrected chi connectivity index (χ0v) is 22.9. The lowest BCUT2D eigenvalue weighted by Crippen LogP contribution is -2.50. The van der Waals surface area contributed by atoms with Crippen LogP contribution in [0.4, 0.5) is 4.39 Å². The molecule has 1 saturated heterocycles. The molecule has 0 spiro atoms. The number of piperazine rings is 1. The summed E-state index contributed by atoms with van der Waals surface area (Å²) >= 11 is 1.34. The number of halogens is 1. The number of para-hydroxylation sites is 1. The molecule has 0 bridgehead atoms. The maximum absolute atomic E-state index is 13.8. The maximum Gasteiger partial charge on any atom is 0.266 e. The summed E-state index contributed by atoms with van der Waals surface area (Å²) in [5.74, 6) is -0.293. The fourth-order valence-electron chi connectivity index (χ4n) is 4.93. The highest BCUT2D eigenvalue weighted by Crippen LogP contribution is 2.30. The predicted molar refractivity (Wildman–Crippen MR) is 155 cm³/mol. The number of hydrogen-bond acceptors (Lipinski definition) is 5. The van der Waals surface area contributed by atoms with Crippen molar-refractivity contribution in [2.45, 2.75) is 43.1 Å². The first kappa shape index (κ1) is 27.1. The Balaban J connectivity index is 1.40. The first-order valence-electron chi connectivity index (χ1n) is 13.5. The molecule has 5 rings (SSSR count). The second kappa shape index (κ2) is 12.6. The van der Waals surface area contributed by atoms with Gasteiger partial charge in [-0.15, -0.1) is 0 Å². The van der Waals surface area contributed by atoms with Gasteiger partial charge in [-0.1, -0.05) is 74.0 Å². The number of thioether (sulfide) groups is 1. The van der Waals surface area contributed by atoms with E-state index in [1.807, 2.05) is 23.1 Å². The molecular weight excluding hydrogens is 511 g/mol. The van der Waals surface area contributed by atoms with E-state index in [1.54, 1.807) is 24.3 Å². The number of nitrogens with zero attached hydrogens (tertiary/aromatic N) is 4. The zero-order valence-electron chi connectivity index (χ0n) is 22.1. The monoisotopic (exact) mass is 544 g/mol. The molecule has 4 aromatic rings. The van der Waals surface area contributed by atoms with Crippen molar-refractivity contribution in [1.82, 2.24) is 19.4 Å². The molecule has 1 fully saturated rings. The number of carbonyl (C=O) groups is 1. The van der Waals surface area contributed by atoms with Crippen LogP contribution in [0.5, 0.6) is 0 Å². The molecule has 1 atom stereocenters. The van der Waals surface area contributed by atoms with Gasteiger partial charge in [0.15, 0.2) is 5.16 Å². The van der Waals surface area contributed by atoms with Crippen LogP contribution in [0.2, 0.25) is 0 Å². The summed E-state index contributed by atoms with van der Waals surface area (Å²) in [6.07, 6.45) is 2.55. The molecule has 8 heteroatoms. The highest BCUT2D eigenvalue weighted by Gasteiger charge is 2.30. The minimum Gasteiger partial charge on any atom is -0.339 e. The van der Waals surface area contributed by atoms with Crippen LogP contribution in [-0.2, 0) is 11.3 Å². The summed E-state index contributed by atoms with van der Waals surface area (Å²) < 4.78 is 15.2. The molecule has 1 aliphatic rings. The number of rotatable bonds is 9.